The van der Waals surface area contributed by atoms with E-state index in [1.165, 1.54) is 133 Å². The third-order valence-corrected chi connectivity index (χ3v) is 12.8. The molecule has 0 aromatic carbocycles. The van der Waals surface area contributed by atoms with E-state index < -0.39 is 0 Å². The number of nitrogens with two attached hydrogens (primary N) is 2. The quantitative estimate of drug-likeness (QED) is 0.156. The molecule has 4 heteroatoms. The molecule has 6 N–H and O–H groups in total. The molecule has 2 aliphatic heterocycles. The molecule has 1 saturated carbocycles. The van der Waals surface area contributed by atoms with Crippen LogP contribution in [0.5, 0.6) is 0 Å². The van der Waals surface area contributed by atoms with Gasteiger partial charge in [-0.15, -0.1) is 0 Å². The van der Waals surface area contributed by atoms with E-state index in [1.807, 2.05) is 6.20 Å². The van der Waals surface area contributed by atoms with Crippen LogP contribution in [0.25, 0.3) is 0 Å². The average molecular weight is 625 g/mol. The number of rotatable bonds is 14. The minimum atomic E-state index is 0.741. The Morgan fingerprint density at radius 2 is 1.54 bits per heavy atom. The molecule has 3 unspecified atom stereocenters. The van der Waals surface area contributed by atoms with Crippen molar-refractivity contribution in [3.63, 3.8) is 0 Å². The lowest BCUT2D eigenvalue weighted by Gasteiger charge is -2.32. The first-order valence-electron chi connectivity index (χ1n) is 19.4. The summed E-state index contributed by atoms with van der Waals surface area (Å²) in [4.78, 5) is 0. The van der Waals surface area contributed by atoms with Crippen LogP contribution in [0, 0.1) is 29.6 Å². The highest BCUT2D eigenvalue weighted by molar-refractivity contribution is 5.46. The first-order valence-corrected chi connectivity index (χ1v) is 19.4. The Morgan fingerprint density at radius 1 is 0.783 bits per heavy atom. The van der Waals surface area contributed by atoms with E-state index >= 15 is 0 Å². The van der Waals surface area contributed by atoms with E-state index in [9.17, 15) is 0 Å². The van der Waals surface area contributed by atoms with Gasteiger partial charge in [0.1, 0.15) is 0 Å². The fourth-order valence-electron chi connectivity index (χ4n) is 9.65. The molecular weight excluding hydrogens is 560 g/mol. The van der Waals surface area contributed by atoms with Gasteiger partial charge in [-0.25, -0.2) is 0 Å². The molecule has 46 heavy (non-hydrogen) atoms. The Hall–Kier alpha value is -2.30. The van der Waals surface area contributed by atoms with Gasteiger partial charge in [-0.05, 0) is 198 Å². The summed E-state index contributed by atoms with van der Waals surface area (Å²) in [6, 6.07) is 0. The third-order valence-electron chi connectivity index (χ3n) is 12.8. The number of nitrogens with one attached hydrogen (secondary N) is 2. The maximum absolute atomic E-state index is 6.15. The van der Waals surface area contributed by atoms with E-state index in [2.05, 4.69) is 47.2 Å². The van der Waals surface area contributed by atoms with Gasteiger partial charge < -0.3 is 22.1 Å². The maximum Gasteiger partial charge on any atom is 0.0182 e. The molecule has 6 rings (SSSR count). The van der Waals surface area contributed by atoms with Crippen LogP contribution in [0.1, 0.15) is 122 Å². The monoisotopic (exact) mass is 625 g/mol. The molecule has 0 spiro atoms. The third kappa shape index (κ3) is 8.98. The average Bonchev–Trinajstić information content (AvgIpc) is 3.86. The molecule has 4 nitrogen and oxygen atoms in total. The fourth-order valence-corrected chi connectivity index (χ4v) is 9.65. The Kier molecular flexibility index (Phi) is 12.6. The van der Waals surface area contributed by atoms with Crippen molar-refractivity contribution >= 4 is 0 Å². The van der Waals surface area contributed by atoms with Crippen molar-refractivity contribution in [1.29, 1.82) is 0 Å². The van der Waals surface area contributed by atoms with Crippen molar-refractivity contribution in [2.75, 3.05) is 26.2 Å². The summed E-state index contributed by atoms with van der Waals surface area (Å²) < 4.78 is 0. The minimum Gasteiger partial charge on any atom is -0.404 e. The van der Waals surface area contributed by atoms with Crippen LogP contribution in [0.15, 0.2) is 81.8 Å². The van der Waals surface area contributed by atoms with Gasteiger partial charge in [0.25, 0.3) is 0 Å². The highest BCUT2D eigenvalue weighted by Gasteiger charge is 2.27. The zero-order valence-corrected chi connectivity index (χ0v) is 28.8. The Bertz CT molecular complexity index is 1230. The summed E-state index contributed by atoms with van der Waals surface area (Å²) in [6.07, 6.45) is 41.4. The fraction of sp³-hybridized carbons (Fsp3) is 0.667. The molecule has 6 aliphatic rings. The van der Waals surface area contributed by atoms with Crippen molar-refractivity contribution in [3.8, 4) is 0 Å². The van der Waals surface area contributed by atoms with Crippen LogP contribution in [-0.2, 0) is 0 Å². The molecule has 252 valence electrons. The molecule has 0 radical (unpaired) electrons. The summed E-state index contributed by atoms with van der Waals surface area (Å²) in [5, 5.41) is 6.86. The molecule has 0 amide bonds. The Balaban J connectivity index is 0.909. The highest BCUT2D eigenvalue weighted by Crippen LogP contribution is 2.41. The van der Waals surface area contributed by atoms with Crippen molar-refractivity contribution in [2.45, 2.75) is 122 Å². The predicted molar refractivity (Wildman–Crippen MR) is 196 cm³/mol. The van der Waals surface area contributed by atoms with Crippen molar-refractivity contribution < 1.29 is 0 Å². The number of hydrogen-bond acceptors (Lipinski definition) is 4. The maximum atomic E-state index is 6.15. The van der Waals surface area contributed by atoms with Crippen LogP contribution in [0.3, 0.4) is 0 Å². The lowest BCUT2D eigenvalue weighted by Crippen LogP contribution is -2.25. The van der Waals surface area contributed by atoms with Crippen LogP contribution in [0.4, 0.5) is 0 Å². The molecule has 0 bridgehead atoms. The molecule has 2 heterocycles. The van der Waals surface area contributed by atoms with Crippen LogP contribution < -0.4 is 22.1 Å². The van der Waals surface area contributed by atoms with Gasteiger partial charge >= 0.3 is 0 Å². The first kappa shape index (κ1) is 33.6. The molecule has 0 aromatic rings. The summed E-state index contributed by atoms with van der Waals surface area (Å²) in [7, 11) is 0. The Morgan fingerprint density at radius 3 is 2.15 bits per heavy atom. The van der Waals surface area contributed by atoms with Crippen molar-refractivity contribution in [2.24, 2.45) is 41.1 Å². The zero-order chi connectivity index (χ0) is 31.6. The van der Waals surface area contributed by atoms with E-state index in [-0.39, 0.29) is 0 Å². The second kappa shape index (κ2) is 17.2. The van der Waals surface area contributed by atoms with E-state index in [4.69, 9.17) is 11.5 Å². The van der Waals surface area contributed by atoms with Crippen molar-refractivity contribution in [1.82, 2.24) is 10.6 Å². The topological polar surface area (TPSA) is 76.1 Å². The normalized spacial score (nSPS) is 29.6. The highest BCUT2D eigenvalue weighted by atomic mass is 14.9. The first-order chi connectivity index (χ1) is 22.7. The standard InChI is InChI=1S/C42H64N4/c43-27-39(41-23-25-45-29-41)5-1-3-31-7-11-33(12-8-31)35-15-19-37(20-16-35)38-21-17-36(18-22-38)34-13-9-32(10-14-34)4-2-6-40(28-44)42-24-26-46-30-42/h11,15,17,19,21,27,29,31-32,34,40,42,45-46H,1-10,12-14,16,18,20,22-26,28,30,43-44H2/b39-27+. The van der Waals surface area contributed by atoms with Gasteiger partial charge in [0.2, 0.25) is 0 Å². The molecule has 2 fully saturated rings. The van der Waals surface area contributed by atoms with Gasteiger partial charge in [0, 0.05) is 12.7 Å². The molecular formula is C42H64N4. The van der Waals surface area contributed by atoms with Gasteiger partial charge in [-0.1, -0.05) is 48.8 Å². The summed E-state index contributed by atoms with van der Waals surface area (Å²) in [6.45, 7) is 4.32. The van der Waals surface area contributed by atoms with Crippen molar-refractivity contribution in [3.05, 3.63) is 81.8 Å². The largest absolute Gasteiger partial charge is 0.404 e. The summed E-state index contributed by atoms with van der Waals surface area (Å²) in [5.74, 6) is 4.20. The SMILES string of the molecule is N/C=C(\CCCC1CC=C(C2=CC=C(C3=CC=C(C4CCC(CCCC(CN)C5CCNC5)CC4)CC3)CC2)CC1)C1=CNCC1. The molecule has 4 aliphatic carbocycles. The van der Waals surface area contributed by atoms with E-state index in [1.54, 1.807) is 27.9 Å². The van der Waals surface area contributed by atoms with E-state index in [0.717, 1.165) is 55.5 Å². The lowest BCUT2D eigenvalue weighted by molar-refractivity contribution is 0.262. The number of allylic oxidation sites excluding steroid dienone is 11. The minimum absolute atomic E-state index is 0.741. The molecule has 1 saturated heterocycles. The van der Waals surface area contributed by atoms with Gasteiger partial charge in [0.15, 0.2) is 0 Å². The smallest absolute Gasteiger partial charge is 0.0182 e. The van der Waals surface area contributed by atoms with Crippen LogP contribution in [-0.4, -0.2) is 26.2 Å². The van der Waals surface area contributed by atoms with Gasteiger partial charge in [-0.2, -0.15) is 0 Å². The number of hydrogen-bond donors (Lipinski definition) is 4. The molecule has 3 atom stereocenters. The zero-order valence-electron chi connectivity index (χ0n) is 28.8. The second-order valence-electron chi connectivity index (χ2n) is 15.5. The van der Waals surface area contributed by atoms with Crippen LogP contribution >= 0.6 is 0 Å². The van der Waals surface area contributed by atoms with Crippen LogP contribution in [0.2, 0.25) is 0 Å². The Labute approximate surface area is 281 Å². The summed E-state index contributed by atoms with van der Waals surface area (Å²) >= 11 is 0. The molecule has 0 aromatic heterocycles. The van der Waals surface area contributed by atoms with Gasteiger partial charge in [-0.3, -0.25) is 0 Å². The summed E-state index contributed by atoms with van der Waals surface area (Å²) in [5.41, 5.74) is 23.1. The lowest BCUT2D eigenvalue weighted by atomic mass is 9.73. The van der Waals surface area contributed by atoms with E-state index in [0.29, 0.717) is 0 Å². The second-order valence-corrected chi connectivity index (χ2v) is 15.5. The predicted octanol–water partition coefficient (Wildman–Crippen LogP) is 9.06. The van der Waals surface area contributed by atoms with Gasteiger partial charge in [0.05, 0.1) is 0 Å².